The molecule has 2 aromatic rings. The zero-order valence-corrected chi connectivity index (χ0v) is 18.7. The van der Waals surface area contributed by atoms with Gasteiger partial charge in [0.15, 0.2) is 5.78 Å². The molecule has 2 aromatic carbocycles. The molecule has 0 aliphatic heterocycles. The van der Waals surface area contributed by atoms with Crippen LogP contribution in [0.5, 0.6) is 0 Å². The van der Waals surface area contributed by atoms with Crippen LogP contribution in [-0.4, -0.2) is 44.8 Å². The van der Waals surface area contributed by atoms with E-state index in [-0.39, 0.29) is 23.7 Å². The van der Waals surface area contributed by atoms with Gasteiger partial charge in [-0.15, -0.1) is 0 Å². The molecule has 0 bridgehead atoms. The zero-order chi connectivity index (χ0) is 24.0. The Morgan fingerprint density at radius 2 is 1.24 bits per heavy atom. The van der Waals surface area contributed by atoms with Gasteiger partial charge in [0, 0.05) is 29.7 Å². The Hall–Kier alpha value is -3.74. The topological polar surface area (TPSA) is 96.0 Å². The Kier molecular flexibility index (Phi) is 7.77. The number of ether oxygens (including phenoxy) is 3. The summed E-state index contributed by atoms with van der Waals surface area (Å²) in [5.74, 6) is -4.47. The highest BCUT2D eigenvalue weighted by Crippen LogP contribution is 2.58. The van der Waals surface area contributed by atoms with Crippen LogP contribution >= 0.6 is 0 Å². The van der Waals surface area contributed by atoms with Crippen LogP contribution in [0.3, 0.4) is 0 Å². The molecular weight excluding hydrogens is 424 g/mol. The lowest BCUT2D eigenvalue weighted by Crippen LogP contribution is -2.51. The predicted molar refractivity (Wildman–Crippen MR) is 119 cm³/mol. The number of allylic oxidation sites excluding steroid dienone is 1. The fourth-order valence-corrected chi connectivity index (χ4v) is 4.54. The van der Waals surface area contributed by atoms with E-state index in [1.54, 1.807) is 0 Å². The van der Waals surface area contributed by atoms with Crippen LogP contribution in [-0.2, 0) is 33.4 Å². The lowest BCUT2D eigenvalue weighted by molar-refractivity contribution is -0.147. The molecule has 1 aliphatic rings. The number of benzene rings is 2. The summed E-state index contributed by atoms with van der Waals surface area (Å²) in [5, 5.41) is 0. The predicted octanol–water partition coefficient (Wildman–Crippen LogP) is 3.20. The Morgan fingerprint density at radius 3 is 1.67 bits per heavy atom. The van der Waals surface area contributed by atoms with Gasteiger partial charge in [0.2, 0.25) is 5.76 Å². The highest BCUT2D eigenvalue weighted by atomic mass is 16.6. The molecule has 1 fully saturated rings. The molecule has 0 N–H and O–H groups in total. The Balaban J connectivity index is 2.09. The molecule has 0 spiro atoms. The van der Waals surface area contributed by atoms with Gasteiger partial charge in [-0.1, -0.05) is 60.7 Å². The summed E-state index contributed by atoms with van der Waals surface area (Å²) < 4.78 is 14.4. The Labute approximate surface area is 192 Å². The van der Waals surface area contributed by atoms with Gasteiger partial charge in [0.25, 0.3) is 0 Å². The van der Waals surface area contributed by atoms with Crippen molar-refractivity contribution in [1.82, 2.24) is 0 Å². The van der Waals surface area contributed by atoms with E-state index in [9.17, 15) is 19.2 Å². The highest BCUT2D eigenvalue weighted by molar-refractivity contribution is 6.04. The molecule has 0 radical (unpaired) electrons. The van der Waals surface area contributed by atoms with Crippen molar-refractivity contribution in [1.29, 1.82) is 0 Å². The summed E-state index contributed by atoms with van der Waals surface area (Å²) in [5.41, 5.74) is 1.60. The number of ketones is 2. The van der Waals surface area contributed by atoms with E-state index in [0.29, 0.717) is 0 Å². The SMILES string of the molecule is COC(=O)CC(=O)C1[C@@H](c2ccccc2)C(C(=O)/C=C(/OC)C(=O)OC)[C@@H]1c1ccccc1. The smallest absolute Gasteiger partial charge is 0.373 e. The average molecular weight is 450 g/mol. The monoisotopic (exact) mass is 450 g/mol. The van der Waals surface area contributed by atoms with Crippen molar-refractivity contribution in [2.45, 2.75) is 18.3 Å². The van der Waals surface area contributed by atoms with E-state index < -0.39 is 35.6 Å². The highest BCUT2D eigenvalue weighted by Gasteiger charge is 2.57. The van der Waals surface area contributed by atoms with Gasteiger partial charge in [0.05, 0.1) is 21.3 Å². The molecule has 2 atom stereocenters. The zero-order valence-electron chi connectivity index (χ0n) is 18.7. The van der Waals surface area contributed by atoms with Crippen LogP contribution in [0, 0.1) is 11.8 Å². The van der Waals surface area contributed by atoms with Crippen LogP contribution < -0.4 is 0 Å². The molecule has 3 rings (SSSR count). The maximum atomic E-state index is 13.5. The first-order chi connectivity index (χ1) is 15.9. The van der Waals surface area contributed by atoms with E-state index in [4.69, 9.17) is 9.47 Å². The normalized spacial score (nSPS) is 22.0. The first-order valence-electron chi connectivity index (χ1n) is 10.5. The maximum Gasteiger partial charge on any atom is 0.373 e. The molecule has 7 heteroatoms. The van der Waals surface area contributed by atoms with Crippen molar-refractivity contribution in [2.24, 2.45) is 11.8 Å². The molecular formula is C26H26O7. The second-order valence-electron chi connectivity index (χ2n) is 7.75. The summed E-state index contributed by atoms with van der Waals surface area (Å²) >= 11 is 0. The second kappa shape index (κ2) is 10.7. The first-order valence-corrected chi connectivity index (χ1v) is 10.5. The largest absolute Gasteiger partial charge is 0.490 e. The third kappa shape index (κ3) is 5.03. The second-order valence-corrected chi connectivity index (χ2v) is 7.75. The van der Waals surface area contributed by atoms with E-state index >= 15 is 0 Å². The molecule has 1 aliphatic carbocycles. The van der Waals surface area contributed by atoms with Crippen LogP contribution in [0.25, 0.3) is 0 Å². The fourth-order valence-electron chi connectivity index (χ4n) is 4.54. The lowest BCUT2D eigenvalue weighted by Gasteiger charge is -2.51. The lowest BCUT2D eigenvalue weighted by atomic mass is 9.50. The number of methoxy groups -OCH3 is 3. The fraction of sp³-hybridized carbons (Fsp3) is 0.308. The minimum absolute atomic E-state index is 0.217. The molecule has 0 saturated heterocycles. The summed E-state index contributed by atoms with van der Waals surface area (Å²) in [7, 11) is 3.71. The number of rotatable bonds is 9. The third-order valence-corrected chi connectivity index (χ3v) is 6.04. The van der Waals surface area contributed by atoms with Crippen LogP contribution in [0.2, 0.25) is 0 Å². The molecule has 7 nitrogen and oxygen atoms in total. The number of carbonyl (C=O) groups is 4. The third-order valence-electron chi connectivity index (χ3n) is 6.04. The minimum atomic E-state index is -0.768. The Morgan fingerprint density at radius 1 is 0.727 bits per heavy atom. The first kappa shape index (κ1) is 23.9. The number of Topliss-reactive ketones (excluding diaryl/α,β-unsaturated/α-hetero) is 1. The molecule has 0 unspecified atom stereocenters. The van der Waals surface area contributed by atoms with Gasteiger partial charge in [-0.05, 0) is 11.1 Å². The summed E-state index contributed by atoms with van der Waals surface area (Å²) in [4.78, 5) is 50.5. The van der Waals surface area contributed by atoms with Crippen molar-refractivity contribution in [2.75, 3.05) is 21.3 Å². The molecule has 33 heavy (non-hydrogen) atoms. The summed E-state index contributed by atoms with van der Waals surface area (Å²) in [6.07, 6.45) is 0.749. The van der Waals surface area contributed by atoms with Gasteiger partial charge in [-0.2, -0.15) is 0 Å². The van der Waals surface area contributed by atoms with Crippen molar-refractivity contribution in [3.63, 3.8) is 0 Å². The Bertz CT molecular complexity index is 995. The van der Waals surface area contributed by atoms with Gasteiger partial charge in [0.1, 0.15) is 12.2 Å². The van der Waals surface area contributed by atoms with Crippen molar-refractivity contribution >= 4 is 23.5 Å². The maximum absolute atomic E-state index is 13.5. The molecule has 172 valence electrons. The van der Waals surface area contributed by atoms with Crippen LogP contribution in [0.1, 0.15) is 29.4 Å². The van der Waals surface area contributed by atoms with E-state index in [0.717, 1.165) is 17.2 Å². The van der Waals surface area contributed by atoms with Crippen LogP contribution in [0.4, 0.5) is 0 Å². The van der Waals surface area contributed by atoms with Crippen molar-refractivity contribution < 1.29 is 33.4 Å². The minimum Gasteiger partial charge on any atom is -0.490 e. The number of hydrogen-bond acceptors (Lipinski definition) is 7. The number of esters is 2. The number of carbonyl (C=O) groups excluding carboxylic acids is 4. The average Bonchev–Trinajstić information content (AvgIpc) is 2.82. The molecule has 0 heterocycles. The quantitative estimate of drug-likeness (QED) is 0.251. The molecule has 1 saturated carbocycles. The number of hydrogen-bond donors (Lipinski definition) is 0. The van der Waals surface area contributed by atoms with Gasteiger partial charge in [-0.3, -0.25) is 14.4 Å². The standard InChI is InChI=1S/C26H26O7/c1-31-20(26(30)33-3)14-18(27)24-22(16-10-6-4-7-11-16)25(19(28)15-21(29)32-2)23(24)17-12-8-5-9-13-17/h4-14,22-25H,15H2,1-3H3/b20-14+/t22-,23-,24?,25?/m0/s1. The molecule has 0 aromatic heterocycles. The van der Waals surface area contributed by atoms with Crippen LogP contribution in [0.15, 0.2) is 72.5 Å². The van der Waals surface area contributed by atoms with Gasteiger partial charge in [-0.25, -0.2) is 4.79 Å². The van der Waals surface area contributed by atoms with Gasteiger partial charge < -0.3 is 14.2 Å². The van der Waals surface area contributed by atoms with Crippen molar-refractivity contribution in [3.8, 4) is 0 Å². The summed E-state index contributed by atoms with van der Waals surface area (Å²) in [6.45, 7) is 0. The molecule has 0 amide bonds. The van der Waals surface area contributed by atoms with E-state index in [1.807, 2.05) is 60.7 Å². The van der Waals surface area contributed by atoms with Gasteiger partial charge >= 0.3 is 11.9 Å². The van der Waals surface area contributed by atoms with E-state index in [1.165, 1.54) is 21.3 Å². The van der Waals surface area contributed by atoms with Crippen molar-refractivity contribution in [3.05, 3.63) is 83.6 Å². The summed E-state index contributed by atoms with van der Waals surface area (Å²) in [6, 6.07) is 18.4. The van der Waals surface area contributed by atoms with E-state index in [2.05, 4.69) is 4.74 Å².